The largest absolute Gasteiger partial charge is 0.493 e. The zero-order chi connectivity index (χ0) is 13.8. The van der Waals surface area contributed by atoms with Crippen molar-refractivity contribution in [3.63, 3.8) is 0 Å². The van der Waals surface area contributed by atoms with Gasteiger partial charge in [0, 0.05) is 12.7 Å². The van der Waals surface area contributed by atoms with Gasteiger partial charge in [0.25, 0.3) is 0 Å². The van der Waals surface area contributed by atoms with Crippen LogP contribution < -0.4 is 9.47 Å². The van der Waals surface area contributed by atoms with E-state index in [2.05, 4.69) is 0 Å². The Kier molecular flexibility index (Phi) is 4.42. The van der Waals surface area contributed by atoms with Gasteiger partial charge in [-0.2, -0.15) is 0 Å². The number of benzene rings is 1. The predicted octanol–water partition coefficient (Wildman–Crippen LogP) is 1.14. The van der Waals surface area contributed by atoms with E-state index in [1.54, 1.807) is 19.3 Å². The van der Waals surface area contributed by atoms with Crippen LogP contribution in [0.3, 0.4) is 0 Å². The number of aliphatic hydroxyl groups is 2. The molecule has 5 heteroatoms. The van der Waals surface area contributed by atoms with Gasteiger partial charge in [-0.05, 0) is 17.7 Å². The molecular weight excluding hydrogens is 248 g/mol. The van der Waals surface area contributed by atoms with E-state index in [1.165, 1.54) is 7.11 Å². The average molecular weight is 266 g/mol. The SMILES string of the molecule is COc1cc(/C=C/CO)cc2c1O[C@H](OC)[C@@H]2CO. The van der Waals surface area contributed by atoms with Crippen LogP contribution in [-0.2, 0) is 4.74 Å². The molecule has 104 valence electrons. The van der Waals surface area contributed by atoms with Crippen molar-refractivity contribution in [2.45, 2.75) is 12.2 Å². The van der Waals surface area contributed by atoms with Crippen molar-refractivity contribution in [1.29, 1.82) is 0 Å². The molecule has 1 aromatic rings. The van der Waals surface area contributed by atoms with Crippen LogP contribution in [0.5, 0.6) is 11.5 Å². The van der Waals surface area contributed by atoms with Crippen molar-refractivity contribution in [2.24, 2.45) is 0 Å². The maximum atomic E-state index is 9.49. The standard InChI is InChI=1S/C14H18O5/c1-17-12-7-9(4-3-5-15)6-10-11(8-16)14(18-2)19-13(10)12/h3-4,6-7,11,14-16H,5,8H2,1-2H3/b4-3+/t11-,14+/m1/s1. The van der Waals surface area contributed by atoms with Gasteiger partial charge in [-0.15, -0.1) is 0 Å². The Hall–Kier alpha value is -1.56. The highest BCUT2D eigenvalue weighted by molar-refractivity contribution is 5.61. The highest BCUT2D eigenvalue weighted by Crippen LogP contribution is 2.45. The Bertz CT molecular complexity index is 469. The van der Waals surface area contributed by atoms with Crippen molar-refractivity contribution < 1.29 is 24.4 Å². The minimum absolute atomic E-state index is 0.0278. The van der Waals surface area contributed by atoms with Crippen molar-refractivity contribution in [2.75, 3.05) is 27.4 Å². The molecule has 0 aromatic heterocycles. The van der Waals surface area contributed by atoms with Gasteiger partial charge >= 0.3 is 0 Å². The lowest BCUT2D eigenvalue weighted by molar-refractivity contribution is -0.0639. The fourth-order valence-corrected chi connectivity index (χ4v) is 2.23. The summed E-state index contributed by atoms with van der Waals surface area (Å²) in [7, 11) is 3.10. The molecule has 1 aromatic carbocycles. The number of ether oxygens (including phenoxy) is 3. The molecule has 5 nitrogen and oxygen atoms in total. The topological polar surface area (TPSA) is 68.2 Å². The summed E-state index contributed by atoms with van der Waals surface area (Å²) in [6, 6.07) is 3.72. The van der Waals surface area contributed by atoms with E-state index >= 15 is 0 Å². The third kappa shape index (κ3) is 2.58. The molecule has 1 heterocycles. The Morgan fingerprint density at radius 3 is 2.68 bits per heavy atom. The molecule has 2 atom stereocenters. The van der Waals surface area contributed by atoms with E-state index in [9.17, 15) is 5.11 Å². The van der Waals surface area contributed by atoms with Gasteiger partial charge in [-0.3, -0.25) is 0 Å². The molecule has 2 N–H and O–H groups in total. The summed E-state index contributed by atoms with van der Waals surface area (Å²) >= 11 is 0. The Morgan fingerprint density at radius 2 is 2.11 bits per heavy atom. The van der Waals surface area contributed by atoms with Gasteiger partial charge in [0.1, 0.15) is 0 Å². The van der Waals surface area contributed by atoms with Crippen LogP contribution >= 0.6 is 0 Å². The van der Waals surface area contributed by atoms with Crippen LogP contribution in [0, 0.1) is 0 Å². The second-order valence-corrected chi connectivity index (χ2v) is 4.24. The van der Waals surface area contributed by atoms with E-state index in [0.29, 0.717) is 11.5 Å². The van der Waals surface area contributed by atoms with Crippen LogP contribution in [0.4, 0.5) is 0 Å². The molecule has 0 fully saturated rings. The maximum Gasteiger partial charge on any atom is 0.209 e. The molecule has 0 amide bonds. The maximum absolute atomic E-state index is 9.49. The fourth-order valence-electron chi connectivity index (χ4n) is 2.23. The first kappa shape index (κ1) is 13.9. The van der Waals surface area contributed by atoms with Crippen molar-refractivity contribution in [3.05, 3.63) is 29.3 Å². The molecule has 0 bridgehead atoms. The van der Waals surface area contributed by atoms with Crippen molar-refractivity contribution in [1.82, 2.24) is 0 Å². The van der Waals surface area contributed by atoms with Crippen molar-refractivity contribution >= 4 is 6.08 Å². The van der Waals surface area contributed by atoms with Crippen LogP contribution in [-0.4, -0.2) is 43.9 Å². The molecule has 1 aliphatic heterocycles. The second kappa shape index (κ2) is 6.06. The minimum Gasteiger partial charge on any atom is -0.493 e. The van der Waals surface area contributed by atoms with Gasteiger partial charge in [0.15, 0.2) is 11.5 Å². The summed E-state index contributed by atoms with van der Waals surface area (Å²) < 4.78 is 16.2. The second-order valence-electron chi connectivity index (χ2n) is 4.24. The first-order valence-electron chi connectivity index (χ1n) is 6.04. The average Bonchev–Trinajstić information content (AvgIpc) is 2.81. The van der Waals surface area contributed by atoms with Crippen LogP contribution in [0.25, 0.3) is 6.08 Å². The fraction of sp³-hybridized carbons (Fsp3) is 0.429. The van der Waals surface area contributed by atoms with Crippen LogP contribution in [0.1, 0.15) is 17.0 Å². The first-order valence-corrected chi connectivity index (χ1v) is 6.04. The van der Waals surface area contributed by atoms with E-state index in [0.717, 1.165) is 11.1 Å². The lowest BCUT2D eigenvalue weighted by Crippen LogP contribution is -2.23. The number of fused-ring (bicyclic) bond motifs is 1. The zero-order valence-electron chi connectivity index (χ0n) is 11.0. The normalized spacial score (nSPS) is 21.5. The molecule has 2 rings (SSSR count). The number of hydrogen-bond donors (Lipinski definition) is 2. The summed E-state index contributed by atoms with van der Waals surface area (Å²) in [5.74, 6) is 0.957. The molecule has 1 aliphatic rings. The summed E-state index contributed by atoms with van der Waals surface area (Å²) in [6.07, 6.45) is 2.92. The lowest BCUT2D eigenvalue weighted by Gasteiger charge is -2.14. The summed E-state index contributed by atoms with van der Waals surface area (Å²) in [4.78, 5) is 0. The first-order chi connectivity index (χ1) is 9.24. The molecule has 19 heavy (non-hydrogen) atoms. The van der Waals surface area contributed by atoms with Gasteiger partial charge in [-0.1, -0.05) is 12.2 Å². The smallest absolute Gasteiger partial charge is 0.209 e. The van der Waals surface area contributed by atoms with Crippen LogP contribution in [0.15, 0.2) is 18.2 Å². The lowest BCUT2D eigenvalue weighted by atomic mass is 9.98. The molecule has 0 radical (unpaired) electrons. The number of hydrogen-bond acceptors (Lipinski definition) is 5. The van der Waals surface area contributed by atoms with Crippen LogP contribution in [0.2, 0.25) is 0 Å². The number of aliphatic hydroxyl groups excluding tert-OH is 2. The van der Waals surface area contributed by atoms with E-state index < -0.39 is 6.29 Å². The predicted molar refractivity (Wildman–Crippen MR) is 70.4 cm³/mol. The molecule has 0 unspecified atom stereocenters. The molecule has 0 saturated carbocycles. The Labute approximate surface area is 112 Å². The number of methoxy groups -OCH3 is 2. The van der Waals surface area contributed by atoms with Gasteiger partial charge < -0.3 is 24.4 Å². The molecule has 0 saturated heterocycles. The molecule has 0 spiro atoms. The van der Waals surface area contributed by atoms with E-state index in [-0.39, 0.29) is 19.1 Å². The minimum atomic E-state index is -0.508. The summed E-state index contributed by atoms with van der Waals surface area (Å²) in [6.45, 7) is -0.0954. The van der Waals surface area contributed by atoms with Gasteiger partial charge in [0.05, 0.1) is 26.2 Å². The third-order valence-electron chi connectivity index (χ3n) is 3.13. The highest BCUT2D eigenvalue weighted by atomic mass is 16.7. The number of rotatable bonds is 5. The van der Waals surface area contributed by atoms with Gasteiger partial charge in [-0.25, -0.2) is 0 Å². The summed E-state index contributed by atoms with van der Waals surface area (Å²) in [5, 5.41) is 18.3. The van der Waals surface area contributed by atoms with Gasteiger partial charge in [0.2, 0.25) is 6.29 Å². The summed E-state index contributed by atoms with van der Waals surface area (Å²) in [5.41, 5.74) is 1.73. The molecule has 0 aliphatic carbocycles. The Balaban J connectivity index is 2.45. The monoisotopic (exact) mass is 266 g/mol. The zero-order valence-corrected chi connectivity index (χ0v) is 11.0. The molecular formula is C14H18O5. The van der Waals surface area contributed by atoms with E-state index in [1.807, 2.05) is 12.1 Å². The third-order valence-corrected chi connectivity index (χ3v) is 3.13. The Morgan fingerprint density at radius 1 is 1.32 bits per heavy atom. The highest BCUT2D eigenvalue weighted by Gasteiger charge is 2.36. The van der Waals surface area contributed by atoms with E-state index in [4.69, 9.17) is 19.3 Å². The van der Waals surface area contributed by atoms with Crippen molar-refractivity contribution in [3.8, 4) is 11.5 Å². The quantitative estimate of drug-likeness (QED) is 0.836.